The maximum absolute atomic E-state index is 10.5. The van der Waals surface area contributed by atoms with Crippen LogP contribution >= 0.6 is 0 Å². The first-order valence-corrected chi connectivity index (χ1v) is 12.0. The van der Waals surface area contributed by atoms with Gasteiger partial charge in [0.2, 0.25) is 0 Å². The number of ether oxygens (including phenoxy) is 3. The molecule has 5 nitrogen and oxygen atoms in total. The largest absolute Gasteiger partial charge is 0.481 e. The number of carboxylic acid groups (broad SMARTS) is 1. The van der Waals surface area contributed by atoms with Crippen LogP contribution in [-0.4, -0.2) is 47.7 Å². The molecule has 0 bridgehead atoms. The summed E-state index contributed by atoms with van der Waals surface area (Å²) in [5.41, 5.74) is 0. The predicted molar refractivity (Wildman–Crippen MR) is 113 cm³/mol. The van der Waals surface area contributed by atoms with Gasteiger partial charge in [0, 0.05) is 12.8 Å². The molecule has 6 atom stereocenters. The maximum atomic E-state index is 10.5. The van der Waals surface area contributed by atoms with E-state index >= 15 is 0 Å². The summed E-state index contributed by atoms with van der Waals surface area (Å²) in [6.07, 6.45) is 22.3. The van der Waals surface area contributed by atoms with Crippen LogP contribution in [0.25, 0.3) is 0 Å². The van der Waals surface area contributed by atoms with Crippen molar-refractivity contribution in [2.24, 2.45) is 0 Å². The smallest absolute Gasteiger partial charge is 0.303 e. The first-order chi connectivity index (χ1) is 14.2. The molecule has 6 unspecified atom stereocenters. The lowest BCUT2D eigenvalue weighted by Gasteiger charge is -1.99. The third-order valence-corrected chi connectivity index (χ3v) is 6.40. The molecule has 0 radical (unpaired) electrons. The van der Waals surface area contributed by atoms with Crippen LogP contribution in [0.15, 0.2) is 12.2 Å². The normalized spacial score (nSPS) is 32.6. The van der Waals surface area contributed by atoms with Crippen molar-refractivity contribution < 1.29 is 24.1 Å². The minimum Gasteiger partial charge on any atom is -0.481 e. The van der Waals surface area contributed by atoms with E-state index in [9.17, 15) is 4.79 Å². The van der Waals surface area contributed by atoms with Crippen molar-refractivity contribution in [2.45, 2.75) is 133 Å². The molecule has 3 aliphatic rings. The van der Waals surface area contributed by atoms with Crippen LogP contribution in [0.1, 0.15) is 96.8 Å². The molecule has 0 saturated carbocycles. The number of rotatable bonds is 18. The minimum atomic E-state index is -0.722. The van der Waals surface area contributed by atoms with Gasteiger partial charge in [-0.25, -0.2) is 0 Å². The second-order valence-electron chi connectivity index (χ2n) is 9.01. The van der Waals surface area contributed by atoms with E-state index in [1.54, 1.807) is 0 Å². The topological polar surface area (TPSA) is 74.9 Å². The molecular formula is C24H40O5. The Labute approximate surface area is 176 Å². The lowest BCUT2D eigenvalue weighted by Crippen LogP contribution is -2.02. The maximum Gasteiger partial charge on any atom is 0.303 e. The molecule has 1 N–H and O–H groups in total. The fraction of sp³-hybridized carbons (Fsp3) is 0.875. The monoisotopic (exact) mass is 408 g/mol. The molecule has 3 aliphatic heterocycles. The molecule has 3 rings (SSSR count). The minimum absolute atomic E-state index is 0.241. The van der Waals surface area contributed by atoms with Crippen molar-refractivity contribution in [1.29, 1.82) is 0 Å². The molecule has 3 heterocycles. The first kappa shape index (κ1) is 22.8. The summed E-state index contributed by atoms with van der Waals surface area (Å²) in [4.78, 5) is 10.5. The van der Waals surface area contributed by atoms with Crippen LogP contribution in [0, 0.1) is 0 Å². The number of hydrogen-bond donors (Lipinski definition) is 1. The molecule has 5 heteroatoms. The average molecular weight is 409 g/mol. The van der Waals surface area contributed by atoms with Gasteiger partial charge in [-0.15, -0.1) is 0 Å². The van der Waals surface area contributed by atoms with E-state index in [0.717, 1.165) is 25.7 Å². The molecule has 0 spiro atoms. The van der Waals surface area contributed by atoms with Gasteiger partial charge in [-0.1, -0.05) is 64.0 Å². The van der Waals surface area contributed by atoms with Crippen molar-refractivity contribution >= 4 is 5.97 Å². The second kappa shape index (κ2) is 12.1. The van der Waals surface area contributed by atoms with Crippen molar-refractivity contribution in [2.75, 3.05) is 0 Å². The quantitative estimate of drug-likeness (QED) is 0.186. The van der Waals surface area contributed by atoms with E-state index in [2.05, 4.69) is 19.1 Å². The van der Waals surface area contributed by atoms with Crippen LogP contribution in [0.3, 0.4) is 0 Å². The third-order valence-electron chi connectivity index (χ3n) is 6.40. The van der Waals surface area contributed by atoms with Gasteiger partial charge in [0.05, 0.1) is 36.6 Å². The summed E-state index contributed by atoms with van der Waals surface area (Å²) in [6.45, 7) is 2.27. The van der Waals surface area contributed by atoms with Gasteiger partial charge in [0.25, 0.3) is 0 Å². The summed E-state index contributed by atoms with van der Waals surface area (Å²) >= 11 is 0. The van der Waals surface area contributed by atoms with Crippen molar-refractivity contribution in [3.8, 4) is 0 Å². The van der Waals surface area contributed by atoms with Crippen LogP contribution in [0.5, 0.6) is 0 Å². The number of carboxylic acids is 1. The number of hydrogen-bond acceptors (Lipinski definition) is 4. The Morgan fingerprint density at radius 1 is 0.724 bits per heavy atom. The third kappa shape index (κ3) is 9.18. The molecular weight excluding hydrogens is 368 g/mol. The molecule has 0 amide bonds. The van der Waals surface area contributed by atoms with Gasteiger partial charge in [0.15, 0.2) is 0 Å². The number of aliphatic carboxylic acids is 1. The van der Waals surface area contributed by atoms with E-state index in [0.29, 0.717) is 30.8 Å². The Morgan fingerprint density at radius 3 is 1.97 bits per heavy atom. The molecule has 0 aromatic rings. The highest BCUT2D eigenvalue weighted by molar-refractivity contribution is 5.66. The van der Waals surface area contributed by atoms with Gasteiger partial charge < -0.3 is 19.3 Å². The SMILES string of the molecule is CCCCCCCCCC1OC1C/C=C/CC1OC1CC1OC1CCCC(=O)O. The van der Waals surface area contributed by atoms with E-state index < -0.39 is 5.97 Å². The highest BCUT2D eigenvalue weighted by Gasteiger charge is 2.47. The van der Waals surface area contributed by atoms with Gasteiger partial charge in [-0.05, 0) is 32.1 Å². The molecule has 0 aromatic heterocycles. The predicted octanol–water partition coefficient (Wildman–Crippen LogP) is 5.41. The van der Waals surface area contributed by atoms with E-state index in [4.69, 9.17) is 19.3 Å². The first-order valence-electron chi connectivity index (χ1n) is 12.0. The summed E-state index contributed by atoms with van der Waals surface area (Å²) < 4.78 is 17.2. The van der Waals surface area contributed by atoms with Gasteiger partial charge >= 0.3 is 5.97 Å². The Kier molecular flexibility index (Phi) is 9.47. The molecule has 29 heavy (non-hydrogen) atoms. The van der Waals surface area contributed by atoms with E-state index in [1.165, 1.54) is 51.4 Å². The fourth-order valence-electron chi connectivity index (χ4n) is 4.32. The number of carbonyl (C=O) groups is 1. The Balaban J connectivity index is 1.11. The highest BCUT2D eigenvalue weighted by Crippen LogP contribution is 2.38. The van der Waals surface area contributed by atoms with Crippen LogP contribution in [-0.2, 0) is 19.0 Å². The molecule has 166 valence electrons. The van der Waals surface area contributed by atoms with Crippen molar-refractivity contribution in [3.63, 3.8) is 0 Å². The molecule has 0 aliphatic carbocycles. The molecule has 3 saturated heterocycles. The Bertz CT molecular complexity index is 519. The van der Waals surface area contributed by atoms with Gasteiger partial charge in [0.1, 0.15) is 0 Å². The van der Waals surface area contributed by atoms with Gasteiger partial charge in [-0.3, -0.25) is 4.79 Å². The fourth-order valence-corrected chi connectivity index (χ4v) is 4.32. The average Bonchev–Trinajstić information content (AvgIpc) is 3.59. The van der Waals surface area contributed by atoms with Crippen molar-refractivity contribution in [3.05, 3.63) is 12.2 Å². The zero-order chi connectivity index (χ0) is 20.5. The Hall–Kier alpha value is -0.910. The summed E-state index contributed by atoms with van der Waals surface area (Å²) in [5, 5.41) is 8.66. The summed E-state index contributed by atoms with van der Waals surface area (Å²) in [5.74, 6) is -0.722. The lowest BCUT2D eigenvalue weighted by atomic mass is 10.1. The summed E-state index contributed by atoms with van der Waals surface area (Å²) in [7, 11) is 0. The van der Waals surface area contributed by atoms with E-state index in [1.807, 2.05) is 0 Å². The zero-order valence-corrected chi connectivity index (χ0v) is 18.1. The Morgan fingerprint density at radius 2 is 1.24 bits per heavy atom. The van der Waals surface area contributed by atoms with Crippen LogP contribution in [0.2, 0.25) is 0 Å². The zero-order valence-electron chi connectivity index (χ0n) is 18.1. The van der Waals surface area contributed by atoms with Crippen LogP contribution < -0.4 is 0 Å². The second-order valence-corrected chi connectivity index (χ2v) is 9.01. The number of epoxide rings is 3. The number of unbranched alkanes of at least 4 members (excludes halogenated alkanes) is 6. The summed E-state index contributed by atoms with van der Waals surface area (Å²) in [6, 6.07) is 0. The molecule has 3 fully saturated rings. The van der Waals surface area contributed by atoms with Crippen LogP contribution in [0.4, 0.5) is 0 Å². The standard InChI is InChI=1S/C24H40O5/c1-2-3-4-5-6-7-8-12-18-19(27-18)13-9-10-14-20-22(28-20)17-23-21(29-23)15-11-16-24(25)26/h9-10,18-23H,2-8,11-17H2,1H3,(H,25,26)/b10-9+. The lowest BCUT2D eigenvalue weighted by molar-refractivity contribution is -0.137. The van der Waals surface area contributed by atoms with E-state index in [-0.39, 0.29) is 18.6 Å². The molecule has 0 aromatic carbocycles. The van der Waals surface area contributed by atoms with Gasteiger partial charge in [-0.2, -0.15) is 0 Å². The van der Waals surface area contributed by atoms with Crippen molar-refractivity contribution in [1.82, 2.24) is 0 Å². The highest BCUT2D eigenvalue weighted by atomic mass is 16.6.